The number of benzene rings is 1. The maximum atomic E-state index is 12.7. The molecule has 0 fully saturated rings. The highest BCUT2D eigenvalue weighted by atomic mass is 32.2. The topological polar surface area (TPSA) is 164 Å². The number of methoxy groups -OCH3 is 1. The first-order valence-electron chi connectivity index (χ1n) is 12.0. The zero-order valence-corrected chi connectivity index (χ0v) is 23.7. The van der Waals surface area contributed by atoms with E-state index in [1.807, 2.05) is 25.5 Å². The van der Waals surface area contributed by atoms with Gasteiger partial charge in [-0.25, -0.2) is 23.0 Å². The van der Waals surface area contributed by atoms with Gasteiger partial charge in [0.2, 0.25) is 0 Å². The second kappa shape index (κ2) is 13.3. The van der Waals surface area contributed by atoms with Gasteiger partial charge in [-0.1, -0.05) is 0 Å². The van der Waals surface area contributed by atoms with Crippen LogP contribution >= 0.6 is 0 Å². The van der Waals surface area contributed by atoms with Crippen LogP contribution in [-0.4, -0.2) is 72.2 Å². The van der Waals surface area contributed by atoms with E-state index in [1.165, 1.54) is 43.6 Å². The van der Waals surface area contributed by atoms with Gasteiger partial charge in [0.15, 0.2) is 0 Å². The lowest BCUT2D eigenvalue weighted by Crippen LogP contribution is -2.24. The van der Waals surface area contributed by atoms with Gasteiger partial charge in [-0.3, -0.25) is 9.40 Å². The van der Waals surface area contributed by atoms with Crippen LogP contribution in [0.15, 0.2) is 41.4 Å². The summed E-state index contributed by atoms with van der Waals surface area (Å²) in [7, 11) is -0.690. The molecule has 41 heavy (non-hydrogen) atoms. The van der Waals surface area contributed by atoms with Crippen molar-refractivity contribution in [3.8, 4) is 5.75 Å². The van der Waals surface area contributed by atoms with Gasteiger partial charge in [0.1, 0.15) is 17.1 Å². The third kappa shape index (κ3) is 8.57. The number of alkyl halides is 3. The lowest BCUT2D eigenvalue weighted by Gasteiger charge is -2.21. The second-order valence-electron chi connectivity index (χ2n) is 8.62. The van der Waals surface area contributed by atoms with Gasteiger partial charge in [-0.2, -0.15) is 18.3 Å². The number of ether oxygens (including phenoxy) is 1. The highest BCUT2D eigenvalue weighted by Crippen LogP contribution is 2.24. The summed E-state index contributed by atoms with van der Waals surface area (Å²) in [5.41, 5.74) is 3.11. The van der Waals surface area contributed by atoms with Gasteiger partial charge in [-0.05, 0) is 63.1 Å². The quantitative estimate of drug-likeness (QED) is 0.312. The van der Waals surface area contributed by atoms with E-state index in [4.69, 9.17) is 14.6 Å². The molecule has 3 N–H and O–H groups in total. The molecule has 0 unspecified atom stereocenters. The Bertz CT molecular complexity index is 1490. The summed E-state index contributed by atoms with van der Waals surface area (Å²) in [5.74, 6) is -3.19. The maximum absolute atomic E-state index is 12.7. The molecule has 224 valence electrons. The van der Waals surface area contributed by atoms with Crippen molar-refractivity contribution in [2.75, 3.05) is 30.3 Å². The predicted octanol–water partition coefficient (Wildman–Crippen LogP) is 3.73. The number of pyridine rings is 1. The number of nitrogens with zero attached hydrogens (tertiary/aromatic N) is 4. The van der Waals surface area contributed by atoms with Crippen molar-refractivity contribution in [2.24, 2.45) is 0 Å². The van der Waals surface area contributed by atoms with Gasteiger partial charge < -0.3 is 19.8 Å². The predicted molar refractivity (Wildman–Crippen MR) is 143 cm³/mol. The van der Waals surface area contributed by atoms with Crippen molar-refractivity contribution < 1.29 is 46.1 Å². The van der Waals surface area contributed by atoms with Crippen molar-refractivity contribution in [1.82, 2.24) is 14.8 Å². The van der Waals surface area contributed by atoms with Crippen molar-refractivity contribution in [3.63, 3.8) is 0 Å². The monoisotopic (exact) mass is 601 g/mol. The molecule has 0 aliphatic heterocycles. The van der Waals surface area contributed by atoms with E-state index >= 15 is 0 Å². The molecule has 3 rings (SSSR count). The molecule has 1 aromatic carbocycles. The number of aromatic nitrogens is 3. The van der Waals surface area contributed by atoms with Crippen LogP contribution in [0.3, 0.4) is 0 Å². The molecule has 0 spiro atoms. The minimum absolute atomic E-state index is 0.0183. The molecule has 12 nitrogen and oxygen atoms in total. The third-order valence-corrected chi connectivity index (χ3v) is 7.25. The van der Waals surface area contributed by atoms with Gasteiger partial charge in [0.25, 0.3) is 10.0 Å². The average Bonchev–Trinajstić information content (AvgIpc) is 3.18. The van der Waals surface area contributed by atoms with Crippen LogP contribution in [-0.2, 0) is 27.8 Å². The number of hydrogen-bond acceptors (Lipinski definition) is 8. The number of likely N-dealkylation sites (N-methyl/N-ethyl adjacent to an activating group) is 1. The largest absolute Gasteiger partial charge is 0.497 e. The van der Waals surface area contributed by atoms with Crippen LogP contribution in [0.2, 0.25) is 0 Å². The summed E-state index contributed by atoms with van der Waals surface area (Å²) in [6.45, 7) is 7.30. The standard InChI is InChI=1S/C23H29N5O5S.C2HF3O2/c1-6-28-16(3)20(15(2)25-28)11-12-27(4)22-21(23(29)30)13-17(14-24-22)26-34(31,32)19-9-7-18(33-5)8-10-19;3-2(4,5)1(6)7/h7-10,13-14,26H,6,11-12H2,1-5H3,(H,29,30);(H,6,7). The van der Waals surface area contributed by atoms with Crippen molar-refractivity contribution in [2.45, 2.75) is 44.8 Å². The summed E-state index contributed by atoms with van der Waals surface area (Å²) in [6, 6.07) is 7.13. The number of anilines is 2. The number of halogens is 3. The minimum Gasteiger partial charge on any atom is -0.497 e. The average molecular weight is 602 g/mol. The zero-order valence-electron chi connectivity index (χ0n) is 22.9. The lowest BCUT2D eigenvalue weighted by molar-refractivity contribution is -0.192. The molecular formula is C25H30F3N5O7S. The number of carboxylic acids is 2. The zero-order chi connectivity index (χ0) is 31.1. The number of hydrogen-bond donors (Lipinski definition) is 3. The Balaban J connectivity index is 0.000000745. The number of aryl methyl sites for hydroxylation is 2. The van der Waals surface area contributed by atoms with Crippen LogP contribution < -0.4 is 14.4 Å². The van der Waals surface area contributed by atoms with E-state index in [-0.39, 0.29) is 22.0 Å². The van der Waals surface area contributed by atoms with E-state index in [0.717, 1.165) is 23.5 Å². The first-order valence-corrected chi connectivity index (χ1v) is 13.4. The van der Waals surface area contributed by atoms with Crippen LogP contribution in [0.4, 0.5) is 24.7 Å². The van der Waals surface area contributed by atoms with Crippen molar-refractivity contribution in [3.05, 3.63) is 59.0 Å². The number of nitrogens with one attached hydrogen (secondary N) is 1. The van der Waals surface area contributed by atoms with Crippen LogP contribution in [0.1, 0.15) is 34.2 Å². The molecule has 0 saturated heterocycles. The van der Waals surface area contributed by atoms with E-state index < -0.39 is 28.1 Å². The number of carbonyl (C=O) groups is 2. The Morgan fingerprint density at radius 1 is 1.15 bits per heavy atom. The van der Waals surface area contributed by atoms with E-state index in [0.29, 0.717) is 18.7 Å². The molecule has 0 bridgehead atoms. The number of sulfonamides is 1. The molecule has 0 radical (unpaired) electrons. The molecule has 2 aromatic heterocycles. The fraction of sp³-hybridized carbons (Fsp3) is 0.360. The molecule has 0 aliphatic carbocycles. The first-order chi connectivity index (χ1) is 19.0. The number of aromatic carboxylic acids is 1. The Labute approximate surface area is 234 Å². The summed E-state index contributed by atoms with van der Waals surface area (Å²) in [6.07, 6.45) is -3.11. The molecular weight excluding hydrogens is 571 g/mol. The summed E-state index contributed by atoms with van der Waals surface area (Å²) < 4.78 is 66.5. The van der Waals surface area contributed by atoms with Crippen LogP contribution in [0.25, 0.3) is 0 Å². The highest BCUT2D eigenvalue weighted by molar-refractivity contribution is 7.92. The molecule has 0 atom stereocenters. The van der Waals surface area contributed by atoms with Crippen molar-refractivity contribution in [1.29, 1.82) is 0 Å². The highest BCUT2D eigenvalue weighted by Gasteiger charge is 2.38. The maximum Gasteiger partial charge on any atom is 0.490 e. The number of carboxylic acid groups (broad SMARTS) is 2. The molecule has 0 amide bonds. The normalized spacial score (nSPS) is 11.3. The molecule has 16 heteroatoms. The summed E-state index contributed by atoms with van der Waals surface area (Å²) in [5, 5.41) is 21.4. The van der Waals surface area contributed by atoms with Gasteiger partial charge >= 0.3 is 18.1 Å². The fourth-order valence-electron chi connectivity index (χ4n) is 3.73. The van der Waals surface area contributed by atoms with Crippen molar-refractivity contribution >= 4 is 33.5 Å². The van der Waals surface area contributed by atoms with E-state index in [9.17, 15) is 31.5 Å². The molecule has 0 saturated carbocycles. The Hall–Kier alpha value is -4.34. The molecule has 3 aromatic rings. The van der Waals surface area contributed by atoms with Crippen LogP contribution in [0, 0.1) is 13.8 Å². The second-order valence-corrected chi connectivity index (χ2v) is 10.3. The fourth-order valence-corrected chi connectivity index (χ4v) is 4.77. The number of rotatable bonds is 10. The first kappa shape index (κ1) is 32.9. The van der Waals surface area contributed by atoms with E-state index in [1.54, 1.807) is 11.9 Å². The van der Waals surface area contributed by atoms with Gasteiger partial charge in [0, 0.05) is 25.8 Å². The smallest absolute Gasteiger partial charge is 0.490 e. The molecule has 2 heterocycles. The summed E-state index contributed by atoms with van der Waals surface area (Å²) >= 11 is 0. The Morgan fingerprint density at radius 2 is 1.73 bits per heavy atom. The Kier molecular flexibility index (Phi) is 10.7. The molecule has 0 aliphatic rings. The number of aliphatic carboxylic acids is 1. The lowest BCUT2D eigenvalue weighted by atomic mass is 10.1. The minimum atomic E-state index is -5.08. The van der Waals surface area contributed by atoms with Gasteiger partial charge in [0.05, 0.1) is 29.6 Å². The SMILES string of the molecule is CCn1nc(C)c(CCN(C)c2ncc(NS(=O)(=O)c3ccc(OC)cc3)cc2C(=O)O)c1C.O=C(O)C(F)(F)F. The summed E-state index contributed by atoms with van der Waals surface area (Å²) in [4.78, 5) is 26.9. The van der Waals surface area contributed by atoms with E-state index in [2.05, 4.69) is 14.8 Å². The van der Waals surface area contributed by atoms with Crippen LogP contribution in [0.5, 0.6) is 5.75 Å². The van der Waals surface area contributed by atoms with Gasteiger partial charge in [-0.15, -0.1) is 0 Å². The third-order valence-electron chi connectivity index (χ3n) is 5.85. The Morgan fingerprint density at radius 3 is 2.20 bits per heavy atom.